The van der Waals surface area contributed by atoms with E-state index in [1.165, 1.54) is 5.69 Å². The van der Waals surface area contributed by atoms with Crippen molar-refractivity contribution in [2.24, 2.45) is 10.8 Å². The lowest BCUT2D eigenvalue weighted by Crippen LogP contribution is -2.32. The molecular weight excluding hydrogens is 272 g/mol. The average Bonchev–Trinajstić information content (AvgIpc) is 2.49. The summed E-state index contributed by atoms with van der Waals surface area (Å²) in [7, 11) is 0. The molecule has 1 aliphatic rings. The van der Waals surface area contributed by atoms with E-state index in [0.29, 0.717) is 0 Å². The van der Waals surface area contributed by atoms with Crippen molar-refractivity contribution in [1.82, 2.24) is 0 Å². The van der Waals surface area contributed by atoms with Gasteiger partial charge in [0.2, 0.25) is 5.71 Å². The Balaban J connectivity index is 2.01. The molecule has 1 aromatic carbocycles. The Morgan fingerprint density at radius 2 is 2.00 bits per heavy atom. The standard InChI is InChI=1S/C13H16N6S/c14-9-12(13(15)16)18-17-10-1-3-11(4-2-10)19-5-7-20-8-6-19/h1-4,17H,5-8H2,(H3,15,16)/b18-12+. The quantitative estimate of drug-likeness (QED) is 0.442. The van der Waals surface area contributed by atoms with E-state index < -0.39 is 0 Å². The van der Waals surface area contributed by atoms with Gasteiger partial charge in [0.05, 0.1) is 5.69 Å². The summed E-state index contributed by atoms with van der Waals surface area (Å²) in [4.78, 5) is 2.35. The third-order valence-electron chi connectivity index (χ3n) is 2.90. The molecule has 6 nitrogen and oxygen atoms in total. The fourth-order valence-electron chi connectivity index (χ4n) is 1.83. The second-order valence-electron chi connectivity index (χ2n) is 4.24. The molecule has 104 valence electrons. The largest absolute Gasteiger partial charge is 0.382 e. The number of nitrogens with zero attached hydrogens (tertiary/aromatic N) is 3. The van der Waals surface area contributed by atoms with E-state index in [1.54, 1.807) is 6.07 Å². The monoisotopic (exact) mass is 288 g/mol. The summed E-state index contributed by atoms with van der Waals surface area (Å²) in [5.41, 5.74) is 9.77. The summed E-state index contributed by atoms with van der Waals surface area (Å²) in [6, 6.07) is 9.60. The Hall–Kier alpha value is -2.20. The average molecular weight is 288 g/mol. The van der Waals surface area contributed by atoms with Gasteiger partial charge >= 0.3 is 0 Å². The van der Waals surface area contributed by atoms with Crippen molar-refractivity contribution in [2.75, 3.05) is 34.9 Å². The molecule has 2 rings (SSSR count). The van der Waals surface area contributed by atoms with E-state index in [9.17, 15) is 0 Å². The fraction of sp³-hybridized carbons (Fsp3) is 0.308. The van der Waals surface area contributed by atoms with Crippen LogP contribution in [-0.4, -0.2) is 36.1 Å². The molecule has 0 atom stereocenters. The third kappa shape index (κ3) is 3.65. The van der Waals surface area contributed by atoms with Gasteiger partial charge in [0, 0.05) is 30.3 Å². The van der Waals surface area contributed by atoms with Crippen LogP contribution < -0.4 is 16.1 Å². The Morgan fingerprint density at radius 3 is 2.55 bits per heavy atom. The summed E-state index contributed by atoms with van der Waals surface area (Å²) in [6.07, 6.45) is 0. The number of nitrogens with two attached hydrogens (primary N) is 1. The summed E-state index contributed by atoms with van der Waals surface area (Å²) >= 11 is 1.98. The van der Waals surface area contributed by atoms with Gasteiger partial charge < -0.3 is 10.6 Å². The SMILES string of the molecule is N#C/C(=N\Nc1ccc(N2CCSCC2)cc1)C(=N)N. The predicted octanol–water partition coefficient (Wildman–Crippen LogP) is 1.47. The minimum atomic E-state index is -0.345. The van der Waals surface area contributed by atoms with Crippen LogP contribution >= 0.6 is 11.8 Å². The molecule has 0 unspecified atom stereocenters. The second kappa shape index (κ2) is 6.82. The fourth-order valence-corrected chi connectivity index (χ4v) is 2.74. The van der Waals surface area contributed by atoms with Crippen LogP contribution in [0.3, 0.4) is 0 Å². The second-order valence-corrected chi connectivity index (χ2v) is 5.47. The zero-order valence-corrected chi connectivity index (χ0v) is 11.8. The number of hydrogen-bond acceptors (Lipinski definition) is 6. The molecule has 1 aromatic rings. The Morgan fingerprint density at radius 1 is 1.35 bits per heavy atom. The smallest absolute Gasteiger partial charge is 0.201 e. The van der Waals surface area contributed by atoms with E-state index in [0.717, 1.165) is 30.3 Å². The van der Waals surface area contributed by atoms with Crippen molar-refractivity contribution in [3.05, 3.63) is 24.3 Å². The highest BCUT2D eigenvalue weighted by molar-refractivity contribution is 7.99. The van der Waals surface area contributed by atoms with Gasteiger partial charge in [-0.2, -0.15) is 22.1 Å². The van der Waals surface area contributed by atoms with Crippen LogP contribution in [0.15, 0.2) is 29.4 Å². The predicted molar refractivity (Wildman–Crippen MR) is 84.6 cm³/mol. The van der Waals surface area contributed by atoms with Crippen molar-refractivity contribution >= 4 is 34.7 Å². The normalized spacial score (nSPS) is 15.6. The molecule has 0 spiro atoms. The lowest BCUT2D eigenvalue weighted by Gasteiger charge is -2.28. The number of rotatable bonds is 4. The number of benzene rings is 1. The molecule has 0 saturated carbocycles. The van der Waals surface area contributed by atoms with Crippen molar-refractivity contribution in [3.8, 4) is 6.07 Å². The topological polar surface area (TPSA) is 101 Å². The van der Waals surface area contributed by atoms with E-state index in [4.69, 9.17) is 16.4 Å². The molecular formula is C13H16N6S. The van der Waals surface area contributed by atoms with Gasteiger partial charge in [0.15, 0.2) is 5.84 Å². The zero-order valence-electron chi connectivity index (χ0n) is 11.0. The number of nitriles is 1. The van der Waals surface area contributed by atoms with Crippen molar-refractivity contribution in [2.45, 2.75) is 0 Å². The molecule has 4 N–H and O–H groups in total. The lowest BCUT2D eigenvalue weighted by molar-refractivity contribution is 0.859. The highest BCUT2D eigenvalue weighted by atomic mass is 32.2. The maximum absolute atomic E-state index is 8.74. The summed E-state index contributed by atoms with van der Waals surface area (Å²) < 4.78 is 0. The first-order chi connectivity index (χ1) is 9.70. The van der Waals surface area contributed by atoms with Crippen molar-refractivity contribution in [3.63, 3.8) is 0 Å². The van der Waals surface area contributed by atoms with Crippen LogP contribution in [0.5, 0.6) is 0 Å². The van der Waals surface area contributed by atoms with E-state index in [-0.39, 0.29) is 11.5 Å². The zero-order chi connectivity index (χ0) is 14.4. The minimum Gasteiger partial charge on any atom is -0.382 e. The first kappa shape index (κ1) is 14.2. The van der Waals surface area contributed by atoms with Crippen LogP contribution in [0.1, 0.15) is 0 Å². The number of hydrazone groups is 1. The molecule has 0 radical (unpaired) electrons. The van der Waals surface area contributed by atoms with Gasteiger partial charge in [-0.1, -0.05) is 0 Å². The van der Waals surface area contributed by atoms with Crippen molar-refractivity contribution in [1.29, 1.82) is 10.7 Å². The molecule has 0 aliphatic carbocycles. The van der Waals surface area contributed by atoms with E-state index >= 15 is 0 Å². The molecule has 0 aromatic heterocycles. The van der Waals surface area contributed by atoms with Crippen LogP contribution in [0, 0.1) is 16.7 Å². The highest BCUT2D eigenvalue weighted by Gasteiger charge is 2.10. The van der Waals surface area contributed by atoms with Gasteiger partial charge in [0.25, 0.3) is 0 Å². The number of nitrogens with one attached hydrogen (secondary N) is 2. The number of amidine groups is 1. The van der Waals surface area contributed by atoms with Crippen molar-refractivity contribution < 1.29 is 0 Å². The van der Waals surface area contributed by atoms with Gasteiger partial charge in [-0.3, -0.25) is 10.8 Å². The maximum Gasteiger partial charge on any atom is 0.201 e. The van der Waals surface area contributed by atoms with Gasteiger partial charge in [-0.25, -0.2) is 0 Å². The maximum atomic E-state index is 8.74. The number of anilines is 2. The van der Waals surface area contributed by atoms with Gasteiger partial charge in [-0.05, 0) is 24.3 Å². The van der Waals surface area contributed by atoms with Gasteiger partial charge in [0.1, 0.15) is 6.07 Å². The molecule has 20 heavy (non-hydrogen) atoms. The summed E-state index contributed by atoms with van der Waals surface area (Å²) in [6.45, 7) is 2.14. The summed E-state index contributed by atoms with van der Waals surface area (Å²) in [5, 5.41) is 19.7. The molecule has 1 saturated heterocycles. The van der Waals surface area contributed by atoms with Crippen LogP contribution in [0.2, 0.25) is 0 Å². The first-order valence-corrected chi connectivity index (χ1v) is 7.37. The Bertz CT molecular complexity index is 539. The Labute approximate surface area is 122 Å². The minimum absolute atomic E-state index is 0.123. The first-order valence-electron chi connectivity index (χ1n) is 6.21. The number of hydrogen-bond donors (Lipinski definition) is 3. The van der Waals surface area contributed by atoms with Gasteiger partial charge in [-0.15, -0.1) is 0 Å². The lowest BCUT2D eigenvalue weighted by atomic mass is 10.2. The van der Waals surface area contributed by atoms with E-state index in [2.05, 4.69) is 15.4 Å². The third-order valence-corrected chi connectivity index (χ3v) is 3.84. The molecule has 1 heterocycles. The Kier molecular flexibility index (Phi) is 4.85. The van der Waals surface area contributed by atoms with Crippen LogP contribution in [0.25, 0.3) is 0 Å². The number of thioether (sulfide) groups is 1. The van der Waals surface area contributed by atoms with Crippen LogP contribution in [0.4, 0.5) is 11.4 Å². The molecule has 7 heteroatoms. The molecule has 0 amide bonds. The molecule has 1 fully saturated rings. The highest BCUT2D eigenvalue weighted by Crippen LogP contribution is 2.21. The van der Waals surface area contributed by atoms with Crippen LogP contribution in [-0.2, 0) is 0 Å². The van der Waals surface area contributed by atoms with E-state index in [1.807, 2.05) is 36.0 Å². The molecule has 1 aliphatic heterocycles. The summed E-state index contributed by atoms with van der Waals surface area (Å²) in [5.74, 6) is 1.98. The molecule has 0 bridgehead atoms.